The summed E-state index contributed by atoms with van der Waals surface area (Å²) in [5.74, 6) is 0. The third kappa shape index (κ3) is 2.96. The van der Waals surface area contributed by atoms with Crippen LogP contribution in [0.3, 0.4) is 0 Å². The van der Waals surface area contributed by atoms with Crippen LogP contribution in [0.15, 0.2) is 24.3 Å². The highest BCUT2D eigenvalue weighted by molar-refractivity contribution is 6.30. The van der Waals surface area contributed by atoms with Crippen molar-refractivity contribution in [1.29, 1.82) is 0 Å². The summed E-state index contributed by atoms with van der Waals surface area (Å²) in [4.78, 5) is 4.35. The fourth-order valence-electron chi connectivity index (χ4n) is 1.94. The zero-order valence-corrected chi connectivity index (χ0v) is 11.2. The quantitative estimate of drug-likeness (QED) is 0.827. The van der Waals surface area contributed by atoms with Gasteiger partial charge >= 0.3 is 0 Å². The lowest BCUT2D eigenvalue weighted by Crippen LogP contribution is -2.34. The number of benzene rings is 1. The molecule has 1 heterocycles. The van der Waals surface area contributed by atoms with Crippen LogP contribution in [0.2, 0.25) is 5.15 Å². The van der Waals surface area contributed by atoms with Crippen LogP contribution in [0.5, 0.6) is 0 Å². The van der Waals surface area contributed by atoms with E-state index >= 15 is 0 Å². The summed E-state index contributed by atoms with van der Waals surface area (Å²) in [6, 6.07) is 8.27. The average molecular weight is 249 g/mol. The first-order chi connectivity index (χ1) is 7.85. The summed E-state index contributed by atoms with van der Waals surface area (Å²) in [7, 11) is 0. The number of rotatable bonds is 2. The van der Waals surface area contributed by atoms with Gasteiger partial charge in [0, 0.05) is 10.9 Å². The molecule has 90 valence electrons. The van der Waals surface area contributed by atoms with Crippen molar-refractivity contribution in [2.24, 2.45) is 5.73 Å². The molecule has 0 radical (unpaired) electrons. The first-order valence-corrected chi connectivity index (χ1v) is 6.08. The fraction of sp³-hybridized carbons (Fsp3) is 0.357. The number of aromatic nitrogens is 1. The number of nitrogens with two attached hydrogens (primary N) is 1. The van der Waals surface area contributed by atoms with Crippen LogP contribution in [0, 0.1) is 6.92 Å². The molecule has 2 rings (SSSR count). The molecule has 0 unspecified atom stereocenters. The molecule has 1 aromatic carbocycles. The van der Waals surface area contributed by atoms with E-state index in [2.05, 4.69) is 23.2 Å². The Morgan fingerprint density at radius 2 is 2.00 bits per heavy atom. The van der Waals surface area contributed by atoms with E-state index in [1.807, 2.05) is 26.8 Å². The lowest BCUT2D eigenvalue weighted by atomic mass is 9.95. The number of aryl methyl sites for hydroxylation is 1. The van der Waals surface area contributed by atoms with Gasteiger partial charge in [-0.05, 0) is 56.5 Å². The Kier molecular flexibility index (Phi) is 3.11. The van der Waals surface area contributed by atoms with Crippen LogP contribution >= 0.6 is 11.6 Å². The molecule has 3 heteroatoms. The van der Waals surface area contributed by atoms with E-state index in [4.69, 9.17) is 17.3 Å². The molecular weight excluding hydrogens is 232 g/mol. The van der Waals surface area contributed by atoms with Gasteiger partial charge in [0.15, 0.2) is 0 Å². The Hall–Kier alpha value is -1.12. The second-order valence-electron chi connectivity index (χ2n) is 5.29. The van der Waals surface area contributed by atoms with Crippen LogP contribution in [0.25, 0.3) is 10.9 Å². The molecule has 2 nitrogen and oxygen atoms in total. The van der Waals surface area contributed by atoms with Gasteiger partial charge in [-0.3, -0.25) is 0 Å². The van der Waals surface area contributed by atoms with Gasteiger partial charge in [0.25, 0.3) is 0 Å². The van der Waals surface area contributed by atoms with E-state index in [-0.39, 0.29) is 5.54 Å². The summed E-state index contributed by atoms with van der Waals surface area (Å²) >= 11 is 6.00. The van der Waals surface area contributed by atoms with E-state index in [1.165, 1.54) is 5.56 Å². The van der Waals surface area contributed by atoms with Gasteiger partial charge in [-0.25, -0.2) is 4.98 Å². The maximum absolute atomic E-state index is 6.03. The molecule has 0 aliphatic rings. The third-order valence-electron chi connectivity index (χ3n) is 2.67. The first-order valence-electron chi connectivity index (χ1n) is 5.70. The number of halogens is 1. The molecular formula is C14H17ClN2. The van der Waals surface area contributed by atoms with Crippen LogP contribution < -0.4 is 5.73 Å². The minimum atomic E-state index is -0.192. The monoisotopic (exact) mass is 248 g/mol. The zero-order valence-electron chi connectivity index (χ0n) is 10.4. The van der Waals surface area contributed by atoms with E-state index in [1.54, 1.807) is 0 Å². The van der Waals surface area contributed by atoms with Gasteiger partial charge in [0.1, 0.15) is 5.15 Å². The van der Waals surface area contributed by atoms with Crippen molar-refractivity contribution in [3.05, 3.63) is 40.5 Å². The molecule has 0 saturated heterocycles. The first kappa shape index (κ1) is 12.3. The molecule has 1 aromatic heterocycles. The highest BCUT2D eigenvalue weighted by Crippen LogP contribution is 2.22. The van der Waals surface area contributed by atoms with Crippen molar-refractivity contribution in [3.8, 4) is 0 Å². The molecule has 0 atom stereocenters. The topological polar surface area (TPSA) is 38.9 Å². The predicted molar refractivity (Wildman–Crippen MR) is 73.5 cm³/mol. The second kappa shape index (κ2) is 4.28. The normalized spacial score (nSPS) is 12.1. The number of hydrogen-bond acceptors (Lipinski definition) is 2. The van der Waals surface area contributed by atoms with E-state index < -0.39 is 0 Å². The molecule has 0 aliphatic carbocycles. The van der Waals surface area contributed by atoms with Gasteiger partial charge in [-0.2, -0.15) is 0 Å². The number of fused-ring (bicyclic) bond motifs is 1. The molecule has 2 N–H and O–H groups in total. The minimum Gasteiger partial charge on any atom is -0.325 e. The SMILES string of the molecule is Cc1cc2cc(CC(C)(C)N)ccc2nc1Cl. The summed E-state index contributed by atoms with van der Waals surface area (Å²) in [5, 5.41) is 1.69. The summed E-state index contributed by atoms with van der Waals surface area (Å²) in [6.45, 7) is 6.03. The molecule has 0 saturated carbocycles. The fourth-order valence-corrected chi connectivity index (χ4v) is 2.09. The van der Waals surface area contributed by atoms with Crippen molar-refractivity contribution < 1.29 is 0 Å². The zero-order chi connectivity index (χ0) is 12.6. The Morgan fingerprint density at radius 3 is 2.65 bits per heavy atom. The van der Waals surface area contributed by atoms with E-state index in [0.29, 0.717) is 5.15 Å². The van der Waals surface area contributed by atoms with Crippen LogP contribution in [0.4, 0.5) is 0 Å². The van der Waals surface area contributed by atoms with Crippen molar-refractivity contribution in [1.82, 2.24) is 4.98 Å². The minimum absolute atomic E-state index is 0.192. The van der Waals surface area contributed by atoms with E-state index in [0.717, 1.165) is 22.9 Å². The van der Waals surface area contributed by atoms with Gasteiger partial charge in [0.2, 0.25) is 0 Å². The third-order valence-corrected chi connectivity index (χ3v) is 3.05. The van der Waals surface area contributed by atoms with Gasteiger partial charge in [-0.1, -0.05) is 17.7 Å². The largest absolute Gasteiger partial charge is 0.325 e. The number of nitrogens with zero attached hydrogens (tertiary/aromatic N) is 1. The standard InChI is InChI=1S/C14H17ClN2/c1-9-6-11-7-10(8-14(2,3)16)4-5-12(11)17-13(9)15/h4-7H,8,16H2,1-3H3. The Labute approximate surface area is 107 Å². The van der Waals surface area contributed by atoms with Crippen molar-refractivity contribution in [2.45, 2.75) is 32.7 Å². The molecule has 0 amide bonds. The Bertz CT molecular complexity index is 556. The lowest BCUT2D eigenvalue weighted by Gasteiger charge is -2.18. The van der Waals surface area contributed by atoms with Crippen molar-refractivity contribution >= 4 is 22.5 Å². The second-order valence-corrected chi connectivity index (χ2v) is 5.65. The van der Waals surface area contributed by atoms with E-state index in [9.17, 15) is 0 Å². The molecule has 0 bridgehead atoms. The summed E-state index contributed by atoms with van der Waals surface area (Å²) < 4.78 is 0. The summed E-state index contributed by atoms with van der Waals surface area (Å²) in [6.07, 6.45) is 0.852. The Balaban J connectivity index is 2.47. The molecule has 17 heavy (non-hydrogen) atoms. The van der Waals surface area contributed by atoms with Gasteiger partial charge < -0.3 is 5.73 Å². The Morgan fingerprint density at radius 1 is 1.29 bits per heavy atom. The van der Waals surface area contributed by atoms with Crippen molar-refractivity contribution in [3.63, 3.8) is 0 Å². The molecule has 0 fully saturated rings. The van der Waals surface area contributed by atoms with Gasteiger partial charge in [-0.15, -0.1) is 0 Å². The van der Waals surface area contributed by atoms with Crippen LogP contribution in [-0.4, -0.2) is 10.5 Å². The molecule has 0 spiro atoms. The maximum Gasteiger partial charge on any atom is 0.132 e. The number of pyridine rings is 1. The van der Waals surface area contributed by atoms with Crippen LogP contribution in [0.1, 0.15) is 25.0 Å². The average Bonchev–Trinajstić information content (AvgIpc) is 2.18. The molecule has 0 aliphatic heterocycles. The number of hydrogen-bond donors (Lipinski definition) is 1. The highest BCUT2D eigenvalue weighted by atomic mass is 35.5. The smallest absolute Gasteiger partial charge is 0.132 e. The highest BCUT2D eigenvalue weighted by Gasteiger charge is 2.12. The van der Waals surface area contributed by atoms with Gasteiger partial charge in [0.05, 0.1) is 5.52 Å². The summed E-state index contributed by atoms with van der Waals surface area (Å²) in [5.41, 5.74) is 9.00. The molecule has 2 aromatic rings. The lowest BCUT2D eigenvalue weighted by molar-refractivity contribution is 0.517. The van der Waals surface area contributed by atoms with Crippen LogP contribution in [-0.2, 0) is 6.42 Å². The predicted octanol–water partition coefficient (Wildman–Crippen LogP) is 3.48. The maximum atomic E-state index is 6.03. The van der Waals surface area contributed by atoms with Crippen molar-refractivity contribution in [2.75, 3.05) is 0 Å².